The second-order valence-electron chi connectivity index (χ2n) is 8.20. The van der Waals surface area contributed by atoms with Gasteiger partial charge < -0.3 is 14.7 Å². The summed E-state index contributed by atoms with van der Waals surface area (Å²) in [5.41, 5.74) is 0.471. The number of rotatable bonds is 2. The Kier molecular flexibility index (Phi) is 4.22. The van der Waals surface area contributed by atoms with Gasteiger partial charge in [-0.3, -0.25) is 14.6 Å². The van der Waals surface area contributed by atoms with E-state index < -0.39 is 0 Å². The average Bonchev–Trinajstić information content (AvgIpc) is 3.31. The molecule has 0 saturated carbocycles. The van der Waals surface area contributed by atoms with Gasteiger partial charge in [-0.15, -0.1) is 0 Å². The van der Waals surface area contributed by atoms with Gasteiger partial charge in [-0.05, 0) is 31.0 Å². The van der Waals surface area contributed by atoms with Crippen molar-refractivity contribution >= 4 is 17.8 Å². The van der Waals surface area contributed by atoms with Crippen molar-refractivity contribution in [2.75, 3.05) is 38.1 Å². The predicted molar refractivity (Wildman–Crippen MR) is 106 cm³/mol. The van der Waals surface area contributed by atoms with Crippen LogP contribution < -0.4 is 4.90 Å². The highest BCUT2D eigenvalue weighted by atomic mass is 16.2. The number of carbonyl (C=O) groups excluding carboxylic acids is 2. The Bertz CT molecular complexity index is 913. The molecule has 3 aliphatic rings. The summed E-state index contributed by atoms with van der Waals surface area (Å²) in [7, 11) is 1.93. The molecule has 8 heteroatoms. The summed E-state index contributed by atoms with van der Waals surface area (Å²) >= 11 is 0. The van der Waals surface area contributed by atoms with Crippen molar-refractivity contribution < 1.29 is 9.59 Å². The highest BCUT2D eigenvalue weighted by Gasteiger charge is 2.60. The number of carbonyl (C=O) groups is 2. The predicted octanol–water partition coefficient (Wildman–Crippen LogP) is 1.07. The maximum Gasteiger partial charge on any atom is 0.253 e. The lowest BCUT2D eigenvalue weighted by atomic mass is 9.75. The zero-order valence-electron chi connectivity index (χ0n) is 16.4. The molecule has 0 N–H and O–H groups in total. The fraction of sp³-hybridized carbons (Fsp3) is 0.476. The van der Waals surface area contributed by atoms with E-state index in [-0.39, 0.29) is 29.2 Å². The van der Waals surface area contributed by atoms with Gasteiger partial charge in [0.05, 0.1) is 11.5 Å². The van der Waals surface area contributed by atoms with Crippen LogP contribution in [0.15, 0.2) is 43.0 Å². The fourth-order valence-electron chi connectivity index (χ4n) is 5.41. The molecule has 3 saturated heterocycles. The Morgan fingerprint density at radius 3 is 2.45 bits per heavy atom. The summed E-state index contributed by atoms with van der Waals surface area (Å²) in [6, 6.07) is 5.31. The van der Waals surface area contributed by atoms with E-state index in [4.69, 9.17) is 0 Å². The van der Waals surface area contributed by atoms with Crippen LogP contribution in [-0.2, 0) is 4.79 Å². The Labute approximate surface area is 169 Å². The van der Waals surface area contributed by atoms with E-state index in [1.165, 1.54) is 0 Å². The number of likely N-dealkylation sites (tertiary alicyclic amines) is 2. The highest BCUT2D eigenvalue weighted by molar-refractivity contribution is 5.94. The molecule has 8 nitrogen and oxygen atoms in total. The standard InChI is InChI=1S/C21H24N6O2/c1-25-19(29)16-13-27(20-23-7-2-8-24-20)14-17(16)21(25)5-11-26(12-6-21)18(28)15-3-9-22-10-4-15/h2-4,7-10,16-17H,5-6,11-14H2,1H3/t16-,17+/m1/s1. The average molecular weight is 392 g/mol. The quantitative estimate of drug-likeness (QED) is 0.760. The normalized spacial score (nSPS) is 25.6. The number of hydrogen-bond donors (Lipinski definition) is 0. The van der Waals surface area contributed by atoms with Crippen LogP contribution in [0.3, 0.4) is 0 Å². The summed E-state index contributed by atoms with van der Waals surface area (Å²) in [4.78, 5) is 44.6. The summed E-state index contributed by atoms with van der Waals surface area (Å²) in [5, 5.41) is 0. The first kappa shape index (κ1) is 18.0. The van der Waals surface area contributed by atoms with Gasteiger partial charge in [-0.25, -0.2) is 9.97 Å². The van der Waals surface area contributed by atoms with E-state index in [2.05, 4.69) is 19.9 Å². The van der Waals surface area contributed by atoms with Crippen LogP contribution >= 0.6 is 0 Å². The molecule has 0 radical (unpaired) electrons. The molecule has 29 heavy (non-hydrogen) atoms. The number of nitrogens with zero attached hydrogens (tertiary/aromatic N) is 6. The van der Waals surface area contributed by atoms with Crippen molar-refractivity contribution in [1.82, 2.24) is 24.8 Å². The van der Waals surface area contributed by atoms with Crippen molar-refractivity contribution in [3.05, 3.63) is 48.5 Å². The van der Waals surface area contributed by atoms with Crippen LogP contribution in [0.25, 0.3) is 0 Å². The van der Waals surface area contributed by atoms with E-state index >= 15 is 0 Å². The van der Waals surface area contributed by atoms with E-state index in [9.17, 15) is 9.59 Å². The van der Waals surface area contributed by atoms with E-state index in [1.54, 1.807) is 43.0 Å². The molecule has 5 heterocycles. The van der Waals surface area contributed by atoms with Crippen LogP contribution in [0.5, 0.6) is 0 Å². The summed E-state index contributed by atoms with van der Waals surface area (Å²) in [5.74, 6) is 1.16. The zero-order valence-corrected chi connectivity index (χ0v) is 16.4. The highest BCUT2D eigenvalue weighted by Crippen LogP contribution is 2.49. The van der Waals surface area contributed by atoms with E-state index in [1.807, 2.05) is 16.8 Å². The number of piperidine rings is 1. The van der Waals surface area contributed by atoms with Gasteiger partial charge >= 0.3 is 0 Å². The van der Waals surface area contributed by atoms with Crippen LogP contribution in [-0.4, -0.2) is 75.3 Å². The van der Waals surface area contributed by atoms with Crippen molar-refractivity contribution in [1.29, 1.82) is 0 Å². The van der Waals surface area contributed by atoms with Gasteiger partial charge in [0.15, 0.2) is 0 Å². The smallest absolute Gasteiger partial charge is 0.253 e. The summed E-state index contributed by atoms with van der Waals surface area (Å²) in [6.45, 7) is 2.76. The molecule has 2 aromatic rings. The molecule has 3 fully saturated rings. The third kappa shape index (κ3) is 2.77. The number of anilines is 1. The fourth-order valence-corrected chi connectivity index (χ4v) is 5.41. The van der Waals surface area contributed by atoms with Crippen molar-refractivity contribution in [3.8, 4) is 0 Å². The maximum absolute atomic E-state index is 13.0. The van der Waals surface area contributed by atoms with Gasteiger partial charge in [0, 0.05) is 69.5 Å². The monoisotopic (exact) mass is 392 g/mol. The molecule has 0 unspecified atom stereocenters. The lowest BCUT2D eigenvalue weighted by molar-refractivity contribution is -0.133. The molecular formula is C21H24N6O2. The molecule has 0 aliphatic carbocycles. The zero-order chi connectivity index (χ0) is 20.0. The second kappa shape index (κ2) is 6.79. The van der Waals surface area contributed by atoms with Gasteiger partial charge in [0.1, 0.15) is 0 Å². The van der Waals surface area contributed by atoms with Crippen molar-refractivity contribution in [2.45, 2.75) is 18.4 Å². The van der Waals surface area contributed by atoms with Crippen LogP contribution in [0.4, 0.5) is 5.95 Å². The Hall–Kier alpha value is -3.03. The molecule has 150 valence electrons. The SMILES string of the molecule is CN1C(=O)[C@@H]2CN(c3ncccn3)C[C@@H]2C12CCN(C(=O)c1ccncc1)CC2. The second-order valence-corrected chi connectivity index (χ2v) is 8.20. The molecule has 0 aromatic carbocycles. The first-order valence-electron chi connectivity index (χ1n) is 10.1. The number of amides is 2. The summed E-state index contributed by atoms with van der Waals surface area (Å²) < 4.78 is 0. The van der Waals surface area contributed by atoms with Crippen molar-refractivity contribution in [2.24, 2.45) is 11.8 Å². The van der Waals surface area contributed by atoms with Gasteiger partial charge in [-0.2, -0.15) is 0 Å². The first-order chi connectivity index (χ1) is 14.1. The molecule has 3 aliphatic heterocycles. The minimum Gasteiger partial charge on any atom is -0.340 e. The molecule has 0 bridgehead atoms. The van der Waals surface area contributed by atoms with Crippen LogP contribution in [0.2, 0.25) is 0 Å². The van der Waals surface area contributed by atoms with Crippen LogP contribution in [0, 0.1) is 11.8 Å². The van der Waals surface area contributed by atoms with Gasteiger partial charge in [0.25, 0.3) is 5.91 Å². The summed E-state index contributed by atoms with van der Waals surface area (Å²) in [6.07, 6.45) is 8.37. The Morgan fingerprint density at radius 2 is 1.76 bits per heavy atom. The Morgan fingerprint density at radius 1 is 1.07 bits per heavy atom. The number of fused-ring (bicyclic) bond motifs is 2. The molecule has 5 rings (SSSR count). The third-order valence-electron chi connectivity index (χ3n) is 7.00. The minimum absolute atomic E-state index is 0.0220. The van der Waals surface area contributed by atoms with Crippen LogP contribution in [0.1, 0.15) is 23.2 Å². The van der Waals surface area contributed by atoms with Crippen molar-refractivity contribution in [3.63, 3.8) is 0 Å². The minimum atomic E-state index is -0.194. The van der Waals surface area contributed by atoms with Gasteiger partial charge in [0.2, 0.25) is 11.9 Å². The molecule has 2 aromatic heterocycles. The maximum atomic E-state index is 13.0. The lowest BCUT2D eigenvalue weighted by Gasteiger charge is -2.46. The molecular weight excluding hydrogens is 368 g/mol. The molecule has 2 atom stereocenters. The largest absolute Gasteiger partial charge is 0.340 e. The lowest BCUT2D eigenvalue weighted by Crippen LogP contribution is -2.56. The topological polar surface area (TPSA) is 82.5 Å². The van der Waals surface area contributed by atoms with E-state index in [0.717, 1.165) is 19.4 Å². The third-order valence-corrected chi connectivity index (χ3v) is 7.00. The number of pyridine rings is 1. The molecule has 2 amide bonds. The van der Waals surface area contributed by atoms with E-state index in [0.29, 0.717) is 31.1 Å². The molecule has 1 spiro atoms. The first-order valence-corrected chi connectivity index (χ1v) is 10.1. The Balaban J connectivity index is 1.34. The number of hydrogen-bond acceptors (Lipinski definition) is 6. The van der Waals surface area contributed by atoms with Gasteiger partial charge in [-0.1, -0.05) is 0 Å². The number of aromatic nitrogens is 3.